The second-order valence-corrected chi connectivity index (χ2v) is 7.97. The minimum Gasteiger partial charge on any atom is -0.295 e. The van der Waals surface area contributed by atoms with Gasteiger partial charge in [-0.3, -0.25) is 19.5 Å². The lowest BCUT2D eigenvalue weighted by atomic mass is 9.95. The van der Waals surface area contributed by atoms with E-state index in [0.29, 0.717) is 27.9 Å². The van der Waals surface area contributed by atoms with E-state index in [2.05, 4.69) is 26.1 Å². The summed E-state index contributed by atoms with van der Waals surface area (Å²) in [4.78, 5) is 38.9. The average molecular weight is 475 g/mol. The van der Waals surface area contributed by atoms with Crippen LogP contribution in [0.25, 0.3) is 16.5 Å². The van der Waals surface area contributed by atoms with E-state index in [1.165, 1.54) is 10.9 Å². The molecule has 0 aliphatic carbocycles. The first-order valence-electron chi connectivity index (χ1n) is 9.48. The molecule has 1 aliphatic heterocycles. The Morgan fingerprint density at radius 3 is 2.35 bits per heavy atom. The lowest BCUT2D eigenvalue weighted by Crippen LogP contribution is -2.36. The zero-order chi connectivity index (χ0) is 21.7. The molecule has 5 rings (SSSR count). The van der Waals surface area contributed by atoms with Crippen LogP contribution in [-0.4, -0.2) is 32.8 Å². The van der Waals surface area contributed by atoms with Crippen LogP contribution in [0.4, 0.5) is 0 Å². The normalized spacial score (nSPS) is 13.5. The van der Waals surface area contributed by atoms with Crippen LogP contribution in [-0.2, 0) is 0 Å². The van der Waals surface area contributed by atoms with Crippen LogP contribution in [0.5, 0.6) is 0 Å². The first-order chi connectivity index (χ1) is 15.0. The Hall–Kier alpha value is -3.78. The zero-order valence-electron chi connectivity index (χ0n) is 16.3. The molecule has 1 aliphatic rings. The topological polar surface area (TPSA) is 87.5 Å². The van der Waals surface area contributed by atoms with Crippen molar-refractivity contribution in [1.29, 1.82) is 0 Å². The molecule has 8 heteroatoms. The predicted octanol–water partition coefficient (Wildman–Crippen LogP) is 4.02. The number of aryl methyl sites for hydroxylation is 1. The van der Waals surface area contributed by atoms with E-state index in [1.54, 1.807) is 43.3 Å². The maximum absolute atomic E-state index is 13.0. The Kier molecular flexibility index (Phi) is 4.44. The maximum atomic E-state index is 13.0. The molecular formula is C23H15BrN4O3. The number of nitrogens with zero attached hydrogens (tertiary/aromatic N) is 3. The Morgan fingerprint density at radius 2 is 1.61 bits per heavy atom. The number of aromatic nitrogens is 2. The van der Waals surface area contributed by atoms with Crippen LogP contribution < -0.4 is 5.56 Å². The van der Waals surface area contributed by atoms with Crippen LogP contribution in [0.15, 0.2) is 75.0 Å². The number of para-hydroxylation sites is 1. The van der Waals surface area contributed by atoms with E-state index in [9.17, 15) is 14.4 Å². The Morgan fingerprint density at radius 1 is 0.903 bits per heavy atom. The van der Waals surface area contributed by atoms with Crippen molar-refractivity contribution in [2.24, 2.45) is 5.10 Å². The lowest BCUT2D eigenvalue weighted by molar-refractivity contribution is 0.0616. The number of benzene rings is 3. The fraction of sp³-hybridized carbons (Fsp3) is 0.0435. The molecule has 2 amide bonds. The standard InChI is InChI=1S/C23H15BrN4O3/c1-13-18(23(31)27(26-13)14-6-3-2-4-7-14)12-25-28-21(29)16-9-5-8-15-19(24)11-10-17(20(15)16)22(28)30/h2-12,26H,1H3. The van der Waals surface area contributed by atoms with Gasteiger partial charge < -0.3 is 0 Å². The van der Waals surface area contributed by atoms with Gasteiger partial charge in [-0.25, -0.2) is 4.68 Å². The van der Waals surface area contributed by atoms with Gasteiger partial charge in [0.2, 0.25) is 0 Å². The first-order valence-corrected chi connectivity index (χ1v) is 10.3. The van der Waals surface area contributed by atoms with Crippen molar-refractivity contribution in [3.8, 4) is 5.69 Å². The van der Waals surface area contributed by atoms with Crippen molar-refractivity contribution in [3.05, 3.63) is 97.9 Å². The third kappa shape index (κ3) is 2.95. The van der Waals surface area contributed by atoms with Crippen LogP contribution in [0.3, 0.4) is 0 Å². The van der Waals surface area contributed by atoms with Gasteiger partial charge in [-0.1, -0.05) is 46.3 Å². The molecule has 1 N–H and O–H groups in total. The van der Waals surface area contributed by atoms with Gasteiger partial charge in [-0.05, 0) is 42.6 Å². The second-order valence-electron chi connectivity index (χ2n) is 7.12. The fourth-order valence-corrected chi connectivity index (χ4v) is 4.20. The second kappa shape index (κ2) is 7.17. The summed E-state index contributed by atoms with van der Waals surface area (Å²) in [6.45, 7) is 1.73. The predicted molar refractivity (Wildman–Crippen MR) is 121 cm³/mol. The minimum atomic E-state index is -0.533. The van der Waals surface area contributed by atoms with Crippen molar-refractivity contribution in [1.82, 2.24) is 14.8 Å². The van der Waals surface area contributed by atoms with Gasteiger partial charge in [0.15, 0.2) is 0 Å². The summed E-state index contributed by atoms with van der Waals surface area (Å²) < 4.78 is 2.19. The molecule has 152 valence electrons. The van der Waals surface area contributed by atoms with Gasteiger partial charge in [0.1, 0.15) is 0 Å². The van der Waals surface area contributed by atoms with Crippen molar-refractivity contribution >= 4 is 44.7 Å². The highest BCUT2D eigenvalue weighted by Crippen LogP contribution is 2.34. The van der Waals surface area contributed by atoms with E-state index in [0.717, 1.165) is 14.9 Å². The van der Waals surface area contributed by atoms with Crippen LogP contribution in [0, 0.1) is 6.92 Å². The molecule has 0 atom stereocenters. The number of carbonyl (C=O) groups is 2. The summed E-state index contributed by atoms with van der Waals surface area (Å²) in [5.74, 6) is -1.07. The van der Waals surface area contributed by atoms with E-state index in [4.69, 9.17) is 0 Å². The van der Waals surface area contributed by atoms with Gasteiger partial charge in [0, 0.05) is 15.6 Å². The number of imide groups is 1. The number of aromatic amines is 1. The third-order valence-corrected chi connectivity index (χ3v) is 5.96. The molecule has 2 heterocycles. The SMILES string of the molecule is Cc1[nH]n(-c2ccccc2)c(=O)c1C=NN1C(=O)c2cccc3c(Br)ccc(c23)C1=O. The highest BCUT2D eigenvalue weighted by molar-refractivity contribution is 9.10. The molecule has 3 aromatic carbocycles. The summed E-state index contributed by atoms with van der Waals surface area (Å²) in [6, 6.07) is 17.8. The van der Waals surface area contributed by atoms with E-state index in [1.807, 2.05) is 24.3 Å². The first kappa shape index (κ1) is 19.2. The summed E-state index contributed by atoms with van der Waals surface area (Å²) in [7, 11) is 0. The lowest BCUT2D eigenvalue weighted by Gasteiger charge is -2.23. The number of hydrazone groups is 1. The van der Waals surface area contributed by atoms with Gasteiger partial charge in [-0.2, -0.15) is 10.1 Å². The number of carbonyl (C=O) groups excluding carboxylic acids is 2. The average Bonchev–Trinajstić information content (AvgIpc) is 3.07. The Balaban J connectivity index is 1.57. The third-order valence-electron chi connectivity index (χ3n) is 5.27. The molecule has 0 unspecified atom stereocenters. The molecule has 0 radical (unpaired) electrons. The van der Waals surface area contributed by atoms with Gasteiger partial charge >= 0.3 is 0 Å². The molecule has 0 bridgehead atoms. The van der Waals surface area contributed by atoms with Gasteiger partial charge in [0.05, 0.1) is 28.6 Å². The van der Waals surface area contributed by atoms with Crippen molar-refractivity contribution in [3.63, 3.8) is 0 Å². The molecule has 7 nitrogen and oxygen atoms in total. The van der Waals surface area contributed by atoms with E-state index >= 15 is 0 Å². The van der Waals surface area contributed by atoms with Gasteiger partial charge in [0.25, 0.3) is 17.4 Å². The van der Waals surface area contributed by atoms with E-state index in [-0.39, 0.29) is 11.1 Å². The molecule has 4 aromatic rings. The van der Waals surface area contributed by atoms with Crippen molar-refractivity contribution in [2.75, 3.05) is 0 Å². The largest absolute Gasteiger partial charge is 0.295 e. The van der Waals surface area contributed by atoms with Crippen LogP contribution in [0.1, 0.15) is 32.0 Å². The highest BCUT2D eigenvalue weighted by atomic mass is 79.9. The van der Waals surface area contributed by atoms with Gasteiger partial charge in [-0.15, -0.1) is 0 Å². The molecule has 0 spiro atoms. The zero-order valence-corrected chi connectivity index (χ0v) is 17.9. The Bertz CT molecular complexity index is 1450. The van der Waals surface area contributed by atoms with Crippen molar-refractivity contribution < 1.29 is 9.59 Å². The number of H-pyrrole nitrogens is 1. The Labute approximate surface area is 184 Å². The number of rotatable bonds is 3. The summed E-state index contributed by atoms with van der Waals surface area (Å²) in [5, 5.41) is 9.31. The summed E-state index contributed by atoms with van der Waals surface area (Å²) >= 11 is 3.47. The number of hydrogen-bond donors (Lipinski definition) is 1. The molecule has 0 saturated carbocycles. The van der Waals surface area contributed by atoms with Crippen molar-refractivity contribution in [2.45, 2.75) is 6.92 Å². The quantitative estimate of drug-likeness (QED) is 0.359. The maximum Gasteiger partial charge on any atom is 0.282 e. The molecule has 0 fully saturated rings. The number of nitrogens with one attached hydrogen (secondary N) is 1. The van der Waals surface area contributed by atoms with E-state index < -0.39 is 11.8 Å². The number of amides is 2. The molecular weight excluding hydrogens is 460 g/mol. The van der Waals surface area contributed by atoms with Crippen LogP contribution >= 0.6 is 15.9 Å². The summed E-state index contributed by atoms with van der Waals surface area (Å²) in [6.07, 6.45) is 1.26. The fourth-order valence-electron chi connectivity index (χ4n) is 3.74. The minimum absolute atomic E-state index is 0.268. The molecule has 0 saturated heterocycles. The number of hydrogen-bond acceptors (Lipinski definition) is 4. The molecule has 1 aromatic heterocycles. The smallest absolute Gasteiger partial charge is 0.282 e. The number of halogens is 1. The summed E-state index contributed by atoms with van der Waals surface area (Å²) in [5.41, 5.74) is 1.96. The molecule has 31 heavy (non-hydrogen) atoms. The monoisotopic (exact) mass is 474 g/mol. The van der Waals surface area contributed by atoms with Crippen LogP contribution in [0.2, 0.25) is 0 Å². The highest BCUT2D eigenvalue weighted by Gasteiger charge is 2.33.